The third kappa shape index (κ3) is 1.70. The van der Waals surface area contributed by atoms with E-state index < -0.39 is 5.97 Å². The molecule has 0 saturated heterocycles. The number of fused-ring (bicyclic) bond motifs is 1. The number of aromatic carboxylic acids is 1. The van der Waals surface area contributed by atoms with E-state index in [1.807, 2.05) is 6.07 Å². The highest BCUT2D eigenvalue weighted by Gasteiger charge is 2.29. The number of aliphatic hydroxyl groups excluding tert-OH is 1. The second-order valence-electron chi connectivity index (χ2n) is 4.51. The molecule has 94 valence electrons. The number of nitrogens with one attached hydrogen (secondary N) is 1. The first-order chi connectivity index (χ1) is 8.65. The smallest absolute Gasteiger partial charge is 0.356 e. The summed E-state index contributed by atoms with van der Waals surface area (Å²) in [4.78, 5) is 15.6. The first-order valence-electron chi connectivity index (χ1n) is 5.80. The van der Waals surface area contributed by atoms with Crippen molar-refractivity contribution >= 4 is 17.4 Å². The van der Waals surface area contributed by atoms with Gasteiger partial charge in [-0.05, 0) is 25.0 Å². The number of rotatable bonds is 3. The number of carboxylic acids is 1. The monoisotopic (exact) mass is 247 g/mol. The van der Waals surface area contributed by atoms with Gasteiger partial charge in [-0.15, -0.1) is 0 Å². The largest absolute Gasteiger partial charge is 0.476 e. The predicted molar refractivity (Wildman–Crippen MR) is 64.8 cm³/mol. The van der Waals surface area contributed by atoms with Crippen LogP contribution in [0.2, 0.25) is 0 Å². The summed E-state index contributed by atoms with van der Waals surface area (Å²) in [6, 6.07) is 5.43. The molecule has 0 aliphatic heterocycles. The van der Waals surface area contributed by atoms with Gasteiger partial charge in [-0.2, -0.15) is 0 Å². The van der Waals surface area contributed by atoms with Crippen LogP contribution in [0.3, 0.4) is 0 Å². The van der Waals surface area contributed by atoms with Crippen LogP contribution in [0.5, 0.6) is 0 Å². The van der Waals surface area contributed by atoms with Crippen molar-refractivity contribution in [1.82, 2.24) is 9.38 Å². The van der Waals surface area contributed by atoms with E-state index in [-0.39, 0.29) is 17.8 Å². The second-order valence-corrected chi connectivity index (χ2v) is 4.51. The van der Waals surface area contributed by atoms with E-state index in [0.717, 1.165) is 0 Å². The van der Waals surface area contributed by atoms with Crippen molar-refractivity contribution in [3.8, 4) is 0 Å². The minimum atomic E-state index is -1.02. The first kappa shape index (κ1) is 11.0. The Hall–Kier alpha value is -2.08. The van der Waals surface area contributed by atoms with E-state index in [1.165, 1.54) is 0 Å². The normalized spacial score (nSPS) is 22.7. The van der Waals surface area contributed by atoms with E-state index in [0.29, 0.717) is 24.3 Å². The van der Waals surface area contributed by atoms with Crippen LogP contribution in [-0.4, -0.2) is 37.7 Å². The van der Waals surface area contributed by atoms with Gasteiger partial charge in [-0.3, -0.25) is 4.40 Å². The molecule has 6 heteroatoms. The third-order valence-corrected chi connectivity index (χ3v) is 3.19. The molecule has 0 atom stereocenters. The van der Waals surface area contributed by atoms with E-state index in [9.17, 15) is 15.0 Å². The summed E-state index contributed by atoms with van der Waals surface area (Å²) in [5.41, 5.74) is 0.726. The van der Waals surface area contributed by atoms with Crippen molar-refractivity contribution in [1.29, 1.82) is 0 Å². The second kappa shape index (κ2) is 3.99. The molecule has 3 N–H and O–H groups in total. The fourth-order valence-electron chi connectivity index (χ4n) is 2.20. The Kier molecular flexibility index (Phi) is 2.45. The van der Waals surface area contributed by atoms with Crippen LogP contribution in [0, 0.1) is 0 Å². The number of imidazole rings is 1. The fraction of sp³-hybridized carbons (Fsp3) is 0.333. The average Bonchev–Trinajstić information content (AvgIpc) is 2.64. The molecule has 1 saturated carbocycles. The minimum Gasteiger partial charge on any atom is -0.476 e. The molecular formula is C12H13N3O3. The van der Waals surface area contributed by atoms with Gasteiger partial charge in [0.05, 0.1) is 6.10 Å². The average molecular weight is 247 g/mol. The lowest BCUT2D eigenvalue weighted by molar-refractivity contribution is 0.0690. The Balaban J connectivity index is 1.99. The molecule has 0 amide bonds. The van der Waals surface area contributed by atoms with Gasteiger partial charge in [-0.25, -0.2) is 9.78 Å². The zero-order valence-corrected chi connectivity index (χ0v) is 9.58. The maximum atomic E-state index is 11.3. The fourth-order valence-corrected chi connectivity index (χ4v) is 2.20. The number of aromatic nitrogens is 2. The molecule has 3 rings (SSSR count). The van der Waals surface area contributed by atoms with E-state index in [4.69, 9.17) is 0 Å². The summed E-state index contributed by atoms with van der Waals surface area (Å²) < 4.78 is 1.54. The highest BCUT2D eigenvalue weighted by Crippen LogP contribution is 2.26. The van der Waals surface area contributed by atoms with E-state index in [2.05, 4.69) is 10.3 Å². The van der Waals surface area contributed by atoms with Crippen LogP contribution in [0.4, 0.5) is 5.82 Å². The Morgan fingerprint density at radius 2 is 2.22 bits per heavy atom. The number of anilines is 1. The maximum absolute atomic E-state index is 11.3. The molecular weight excluding hydrogens is 234 g/mol. The minimum absolute atomic E-state index is 0.100. The quantitative estimate of drug-likeness (QED) is 0.752. The number of carbonyl (C=O) groups is 1. The zero-order valence-electron chi connectivity index (χ0n) is 9.58. The maximum Gasteiger partial charge on any atom is 0.356 e. The molecule has 18 heavy (non-hydrogen) atoms. The van der Waals surface area contributed by atoms with Gasteiger partial charge in [0.2, 0.25) is 0 Å². The third-order valence-electron chi connectivity index (χ3n) is 3.19. The lowest BCUT2D eigenvalue weighted by atomic mass is 9.89. The van der Waals surface area contributed by atoms with Crippen LogP contribution in [0.15, 0.2) is 24.4 Å². The van der Waals surface area contributed by atoms with E-state index >= 15 is 0 Å². The van der Waals surface area contributed by atoms with Crippen LogP contribution in [0.25, 0.3) is 5.65 Å². The molecule has 0 radical (unpaired) electrons. The SMILES string of the molecule is O=C(O)c1c(NC2CC(O)C2)nc2ccccn12. The summed E-state index contributed by atoms with van der Waals surface area (Å²) >= 11 is 0. The molecule has 1 aliphatic rings. The molecule has 1 fully saturated rings. The van der Waals surface area contributed by atoms with Gasteiger partial charge < -0.3 is 15.5 Å². The van der Waals surface area contributed by atoms with Crippen LogP contribution < -0.4 is 5.32 Å². The molecule has 2 heterocycles. The molecule has 6 nitrogen and oxygen atoms in total. The van der Waals surface area contributed by atoms with Crippen molar-refractivity contribution in [3.05, 3.63) is 30.1 Å². The molecule has 0 aromatic carbocycles. The number of aliphatic hydroxyl groups is 1. The summed E-state index contributed by atoms with van der Waals surface area (Å²) in [6.07, 6.45) is 2.65. The van der Waals surface area contributed by atoms with Crippen molar-refractivity contribution in [2.75, 3.05) is 5.32 Å². The Bertz CT molecular complexity index is 602. The van der Waals surface area contributed by atoms with Crippen LogP contribution in [-0.2, 0) is 0 Å². The van der Waals surface area contributed by atoms with Crippen LogP contribution in [0.1, 0.15) is 23.3 Å². The molecule has 1 aliphatic carbocycles. The van der Waals surface area contributed by atoms with Gasteiger partial charge in [-0.1, -0.05) is 6.07 Å². The van der Waals surface area contributed by atoms with Crippen molar-refractivity contribution in [2.24, 2.45) is 0 Å². The molecule has 0 bridgehead atoms. The van der Waals surface area contributed by atoms with Gasteiger partial charge in [0.25, 0.3) is 0 Å². The van der Waals surface area contributed by atoms with Gasteiger partial charge in [0, 0.05) is 12.2 Å². The number of pyridine rings is 1. The number of hydrogen-bond acceptors (Lipinski definition) is 4. The molecule has 2 aromatic rings. The van der Waals surface area contributed by atoms with E-state index in [1.54, 1.807) is 22.7 Å². The number of carboxylic acid groups (broad SMARTS) is 1. The zero-order chi connectivity index (χ0) is 12.7. The van der Waals surface area contributed by atoms with Crippen molar-refractivity contribution in [3.63, 3.8) is 0 Å². The van der Waals surface area contributed by atoms with Crippen molar-refractivity contribution < 1.29 is 15.0 Å². The van der Waals surface area contributed by atoms with Crippen LogP contribution >= 0.6 is 0 Å². The van der Waals surface area contributed by atoms with Gasteiger partial charge in [0.1, 0.15) is 5.65 Å². The first-order valence-corrected chi connectivity index (χ1v) is 5.80. The Labute approximate surface area is 103 Å². The summed E-state index contributed by atoms with van der Waals surface area (Å²) in [7, 11) is 0. The lowest BCUT2D eigenvalue weighted by Gasteiger charge is -2.32. The van der Waals surface area contributed by atoms with Gasteiger partial charge >= 0.3 is 5.97 Å². The highest BCUT2D eigenvalue weighted by molar-refractivity contribution is 5.93. The number of hydrogen-bond donors (Lipinski definition) is 3. The van der Waals surface area contributed by atoms with Gasteiger partial charge in [0.15, 0.2) is 11.5 Å². The molecule has 2 aromatic heterocycles. The standard InChI is InChI=1S/C12H13N3O3/c16-8-5-7(6-8)13-11-10(12(17)18)15-4-2-1-3-9(15)14-11/h1-4,7-8,13,16H,5-6H2,(H,17,18). The summed E-state index contributed by atoms with van der Waals surface area (Å²) in [5.74, 6) is -0.651. The van der Waals surface area contributed by atoms with Crippen molar-refractivity contribution in [2.45, 2.75) is 25.0 Å². The highest BCUT2D eigenvalue weighted by atomic mass is 16.4. The molecule has 0 unspecified atom stereocenters. The summed E-state index contributed by atoms with van der Waals surface area (Å²) in [6.45, 7) is 0. The Morgan fingerprint density at radius 3 is 2.89 bits per heavy atom. The summed E-state index contributed by atoms with van der Waals surface area (Å²) in [5, 5.41) is 21.6. The number of nitrogens with zero attached hydrogens (tertiary/aromatic N) is 2. The molecule has 0 spiro atoms. The predicted octanol–water partition coefficient (Wildman–Crippen LogP) is 0.968. The Morgan fingerprint density at radius 1 is 1.44 bits per heavy atom. The lowest BCUT2D eigenvalue weighted by Crippen LogP contribution is -2.39. The topological polar surface area (TPSA) is 86.9 Å².